The summed E-state index contributed by atoms with van der Waals surface area (Å²) in [6.45, 7) is 4.84. The number of carbonyl (C=O) groups is 2. The fourth-order valence-corrected chi connectivity index (χ4v) is 3.02. The van der Waals surface area contributed by atoms with E-state index in [1.54, 1.807) is 7.11 Å². The molecule has 6 nitrogen and oxygen atoms in total. The van der Waals surface area contributed by atoms with Gasteiger partial charge in [0.1, 0.15) is 6.54 Å². The molecule has 25 heavy (non-hydrogen) atoms. The molecule has 1 heterocycles. The Morgan fingerprint density at radius 1 is 1.16 bits per heavy atom. The SMILES string of the molecule is COCCCNC(=O)CN(C(C)=O)c1ccc(N2CCCCC2)cc1. The summed E-state index contributed by atoms with van der Waals surface area (Å²) in [6, 6.07) is 7.91. The van der Waals surface area contributed by atoms with Crippen LogP contribution < -0.4 is 15.1 Å². The smallest absolute Gasteiger partial charge is 0.240 e. The molecular weight excluding hydrogens is 318 g/mol. The Hall–Kier alpha value is -2.08. The Morgan fingerprint density at radius 3 is 2.44 bits per heavy atom. The number of ether oxygens (including phenoxy) is 1. The highest BCUT2D eigenvalue weighted by atomic mass is 16.5. The largest absolute Gasteiger partial charge is 0.385 e. The lowest BCUT2D eigenvalue weighted by molar-refractivity contribution is -0.123. The van der Waals surface area contributed by atoms with Crippen LogP contribution in [-0.4, -0.2) is 51.7 Å². The molecule has 0 unspecified atom stereocenters. The molecule has 1 saturated heterocycles. The third-order valence-electron chi connectivity index (χ3n) is 4.41. The van der Waals surface area contributed by atoms with Gasteiger partial charge in [-0.25, -0.2) is 0 Å². The van der Waals surface area contributed by atoms with Gasteiger partial charge in [-0.2, -0.15) is 0 Å². The molecule has 0 bridgehead atoms. The molecule has 138 valence electrons. The first kappa shape index (κ1) is 19.2. The monoisotopic (exact) mass is 347 g/mol. The minimum absolute atomic E-state index is 0.0331. The normalized spacial score (nSPS) is 14.2. The van der Waals surface area contributed by atoms with Crippen molar-refractivity contribution in [2.24, 2.45) is 0 Å². The van der Waals surface area contributed by atoms with Crippen LogP contribution in [0.5, 0.6) is 0 Å². The maximum Gasteiger partial charge on any atom is 0.240 e. The zero-order chi connectivity index (χ0) is 18.1. The number of benzene rings is 1. The van der Waals surface area contributed by atoms with Gasteiger partial charge < -0.3 is 19.9 Å². The van der Waals surface area contributed by atoms with E-state index in [1.165, 1.54) is 36.8 Å². The summed E-state index contributed by atoms with van der Waals surface area (Å²) >= 11 is 0. The maximum atomic E-state index is 12.1. The maximum absolute atomic E-state index is 12.1. The Labute approximate surface area is 150 Å². The van der Waals surface area contributed by atoms with Crippen molar-refractivity contribution < 1.29 is 14.3 Å². The lowest BCUT2D eigenvalue weighted by Gasteiger charge is -2.29. The van der Waals surface area contributed by atoms with Gasteiger partial charge in [0.05, 0.1) is 0 Å². The van der Waals surface area contributed by atoms with Crippen LogP contribution in [0.1, 0.15) is 32.6 Å². The third kappa shape index (κ3) is 6.05. The molecule has 2 rings (SSSR count). The highest BCUT2D eigenvalue weighted by Gasteiger charge is 2.17. The second-order valence-electron chi connectivity index (χ2n) is 6.37. The molecule has 1 N–H and O–H groups in total. The molecule has 0 spiro atoms. The van der Waals surface area contributed by atoms with E-state index in [0.717, 1.165) is 25.2 Å². The van der Waals surface area contributed by atoms with Gasteiger partial charge in [0.25, 0.3) is 0 Å². The van der Waals surface area contributed by atoms with Gasteiger partial charge in [0.15, 0.2) is 0 Å². The van der Waals surface area contributed by atoms with Crippen LogP contribution in [-0.2, 0) is 14.3 Å². The first-order valence-electron chi connectivity index (χ1n) is 9.00. The number of rotatable bonds is 8. The Kier molecular flexibility index (Phi) is 7.73. The van der Waals surface area contributed by atoms with Crippen molar-refractivity contribution >= 4 is 23.2 Å². The highest BCUT2D eigenvalue weighted by molar-refractivity contribution is 5.97. The van der Waals surface area contributed by atoms with Gasteiger partial charge in [-0.05, 0) is 49.9 Å². The number of anilines is 2. The Morgan fingerprint density at radius 2 is 1.84 bits per heavy atom. The van der Waals surface area contributed by atoms with E-state index in [4.69, 9.17) is 4.74 Å². The lowest BCUT2D eigenvalue weighted by Crippen LogP contribution is -2.40. The molecule has 2 amide bonds. The van der Waals surface area contributed by atoms with E-state index in [2.05, 4.69) is 10.2 Å². The van der Waals surface area contributed by atoms with Crippen LogP contribution in [0, 0.1) is 0 Å². The Bertz CT molecular complexity index is 554. The molecule has 0 atom stereocenters. The molecule has 1 aromatic rings. The lowest BCUT2D eigenvalue weighted by atomic mass is 10.1. The first-order chi connectivity index (χ1) is 12.1. The molecular formula is C19H29N3O3. The number of carbonyl (C=O) groups excluding carboxylic acids is 2. The fourth-order valence-electron chi connectivity index (χ4n) is 3.02. The van der Waals surface area contributed by atoms with Crippen LogP contribution in [0.15, 0.2) is 24.3 Å². The molecule has 0 saturated carbocycles. The second-order valence-corrected chi connectivity index (χ2v) is 6.37. The zero-order valence-corrected chi connectivity index (χ0v) is 15.3. The second kappa shape index (κ2) is 10.0. The Balaban J connectivity index is 1.94. The van der Waals surface area contributed by atoms with E-state index in [9.17, 15) is 9.59 Å². The number of hydrogen-bond donors (Lipinski definition) is 1. The van der Waals surface area contributed by atoms with E-state index in [0.29, 0.717) is 13.2 Å². The standard InChI is InChI=1S/C19H29N3O3/c1-16(23)22(15-19(24)20-11-6-14-25-2)18-9-7-17(8-10-18)21-12-4-3-5-13-21/h7-10H,3-6,11-15H2,1-2H3,(H,20,24). The van der Waals surface area contributed by atoms with E-state index >= 15 is 0 Å². The summed E-state index contributed by atoms with van der Waals surface area (Å²) in [5, 5.41) is 2.81. The predicted molar refractivity (Wildman–Crippen MR) is 100 cm³/mol. The predicted octanol–water partition coefficient (Wildman–Crippen LogP) is 2.18. The molecule has 1 aromatic carbocycles. The number of amides is 2. The van der Waals surface area contributed by atoms with Crippen molar-refractivity contribution in [2.45, 2.75) is 32.6 Å². The van der Waals surface area contributed by atoms with Gasteiger partial charge in [-0.15, -0.1) is 0 Å². The number of nitrogens with zero attached hydrogens (tertiary/aromatic N) is 2. The topological polar surface area (TPSA) is 61.9 Å². The number of methoxy groups -OCH3 is 1. The third-order valence-corrected chi connectivity index (χ3v) is 4.41. The fraction of sp³-hybridized carbons (Fsp3) is 0.579. The van der Waals surface area contributed by atoms with Crippen molar-refractivity contribution in [1.29, 1.82) is 0 Å². The minimum Gasteiger partial charge on any atom is -0.385 e. The van der Waals surface area contributed by atoms with Crippen molar-refractivity contribution in [3.63, 3.8) is 0 Å². The number of piperidine rings is 1. The number of hydrogen-bond acceptors (Lipinski definition) is 4. The van der Waals surface area contributed by atoms with Gasteiger partial charge in [0, 0.05) is 51.6 Å². The van der Waals surface area contributed by atoms with Crippen LogP contribution in [0.2, 0.25) is 0 Å². The minimum atomic E-state index is -0.161. The molecule has 0 aliphatic carbocycles. The van der Waals surface area contributed by atoms with Crippen molar-refractivity contribution in [3.05, 3.63) is 24.3 Å². The van der Waals surface area contributed by atoms with Gasteiger partial charge >= 0.3 is 0 Å². The average Bonchev–Trinajstić information content (AvgIpc) is 2.64. The molecule has 0 radical (unpaired) electrons. The highest BCUT2D eigenvalue weighted by Crippen LogP contribution is 2.23. The quantitative estimate of drug-likeness (QED) is 0.732. The van der Waals surface area contributed by atoms with Crippen LogP contribution in [0.3, 0.4) is 0 Å². The van der Waals surface area contributed by atoms with Crippen LogP contribution in [0.4, 0.5) is 11.4 Å². The molecule has 1 fully saturated rings. The molecule has 6 heteroatoms. The van der Waals surface area contributed by atoms with E-state index in [1.807, 2.05) is 24.3 Å². The molecule has 0 aromatic heterocycles. The summed E-state index contributed by atoms with van der Waals surface area (Å²) in [5.74, 6) is -0.302. The van der Waals surface area contributed by atoms with E-state index in [-0.39, 0.29) is 18.4 Å². The van der Waals surface area contributed by atoms with E-state index < -0.39 is 0 Å². The summed E-state index contributed by atoms with van der Waals surface area (Å²) in [4.78, 5) is 27.9. The summed E-state index contributed by atoms with van der Waals surface area (Å²) in [7, 11) is 1.63. The van der Waals surface area contributed by atoms with Crippen molar-refractivity contribution in [2.75, 3.05) is 49.7 Å². The summed E-state index contributed by atoms with van der Waals surface area (Å²) in [6.07, 6.45) is 4.51. The summed E-state index contributed by atoms with van der Waals surface area (Å²) < 4.78 is 4.95. The number of nitrogens with one attached hydrogen (secondary N) is 1. The molecule has 1 aliphatic heterocycles. The average molecular weight is 347 g/mol. The zero-order valence-electron chi connectivity index (χ0n) is 15.3. The van der Waals surface area contributed by atoms with Crippen molar-refractivity contribution in [3.8, 4) is 0 Å². The summed E-state index contributed by atoms with van der Waals surface area (Å²) in [5.41, 5.74) is 1.93. The van der Waals surface area contributed by atoms with Crippen LogP contribution >= 0.6 is 0 Å². The molecule has 1 aliphatic rings. The van der Waals surface area contributed by atoms with Gasteiger partial charge in [-0.3, -0.25) is 9.59 Å². The van der Waals surface area contributed by atoms with Crippen molar-refractivity contribution in [1.82, 2.24) is 5.32 Å². The van der Waals surface area contributed by atoms with Crippen LogP contribution in [0.25, 0.3) is 0 Å². The first-order valence-corrected chi connectivity index (χ1v) is 9.00. The van der Waals surface area contributed by atoms with Gasteiger partial charge in [-0.1, -0.05) is 0 Å². The van der Waals surface area contributed by atoms with Gasteiger partial charge in [0.2, 0.25) is 11.8 Å².